The van der Waals surface area contributed by atoms with Gasteiger partial charge in [0, 0.05) is 23.5 Å². The summed E-state index contributed by atoms with van der Waals surface area (Å²) >= 11 is 0. The van der Waals surface area contributed by atoms with Crippen molar-refractivity contribution in [1.29, 1.82) is 0 Å². The average Bonchev–Trinajstić information content (AvgIpc) is 3.29. The Labute approximate surface area is 152 Å². The standard InChI is InChI=1S/C19H25N3O4/c1-11-9-16(13(3)22(11)17-10-12(2)26-21-17)19(24)25-14(4)18(23)20-15-7-5-6-8-15/h9-10,14-15H,5-8H2,1-4H3,(H,20,23)/t14-/m1/s1. The van der Waals surface area contributed by atoms with Crippen molar-refractivity contribution in [1.82, 2.24) is 15.0 Å². The summed E-state index contributed by atoms with van der Waals surface area (Å²) in [5.41, 5.74) is 1.96. The van der Waals surface area contributed by atoms with Crippen LogP contribution in [0.25, 0.3) is 5.82 Å². The van der Waals surface area contributed by atoms with Gasteiger partial charge in [-0.25, -0.2) is 4.79 Å². The second kappa shape index (κ2) is 7.35. The van der Waals surface area contributed by atoms with Crippen LogP contribution in [-0.2, 0) is 9.53 Å². The smallest absolute Gasteiger partial charge is 0.340 e. The molecule has 0 unspecified atom stereocenters. The van der Waals surface area contributed by atoms with E-state index < -0.39 is 12.1 Å². The van der Waals surface area contributed by atoms with E-state index in [1.165, 1.54) is 0 Å². The summed E-state index contributed by atoms with van der Waals surface area (Å²) in [5, 5.41) is 6.95. The molecule has 2 aromatic rings. The van der Waals surface area contributed by atoms with Gasteiger partial charge in [-0.15, -0.1) is 0 Å². The van der Waals surface area contributed by atoms with Crippen LogP contribution < -0.4 is 5.32 Å². The van der Waals surface area contributed by atoms with Gasteiger partial charge in [0.25, 0.3) is 5.91 Å². The number of nitrogens with zero attached hydrogens (tertiary/aromatic N) is 2. The van der Waals surface area contributed by atoms with Gasteiger partial charge in [0.05, 0.1) is 5.56 Å². The highest BCUT2D eigenvalue weighted by molar-refractivity contribution is 5.93. The van der Waals surface area contributed by atoms with E-state index in [1.807, 2.05) is 25.3 Å². The van der Waals surface area contributed by atoms with E-state index in [9.17, 15) is 9.59 Å². The van der Waals surface area contributed by atoms with E-state index in [0.717, 1.165) is 31.4 Å². The third kappa shape index (κ3) is 3.66. The Bertz CT molecular complexity index is 815. The third-order valence-electron chi connectivity index (χ3n) is 4.85. The van der Waals surface area contributed by atoms with E-state index in [-0.39, 0.29) is 11.9 Å². The molecule has 0 aromatic carbocycles. The molecule has 0 saturated heterocycles. The fraction of sp³-hybridized carbons (Fsp3) is 0.526. The third-order valence-corrected chi connectivity index (χ3v) is 4.85. The quantitative estimate of drug-likeness (QED) is 0.830. The van der Waals surface area contributed by atoms with Crippen LogP contribution in [0.1, 0.15) is 60.1 Å². The van der Waals surface area contributed by atoms with Crippen LogP contribution in [0.3, 0.4) is 0 Å². The zero-order valence-corrected chi connectivity index (χ0v) is 15.7. The lowest BCUT2D eigenvalue weighted by atomic mass is 10.2. The lowest BCUT2D eigenvalue weighted by Gasteiger charge is -2.17. The van der Waals surface area contributed by atoms with Crippen molar-refractivity contribution in [3.63, 3.8) is 0 Å². The molecule has 1 saturated carbocycles. The normalized spacial score (nSPS) is 15.8. The van der Waals surface area contributed by atoms with Crippen LogP contribution in [0.4, 0.5) is 0 Å². The summed E-state index contributed by atoms with van der Waals surface area (Å²) < 4.78 is 12.3. The van der Waals surface area contributed by atoms with E-state index >= 15 is 0 Å². The molecule has 7 nitrogen and oxygen atoms in total. The van der Waals surface area contributed by atoms with E-state index in [2.05, 4.69) is 10.5 Å². The zero-order chi connectivity index (χ0) is 18.8. The number of aryl methyl sites for hydroxylation is 2. The van der Waals surface area contributed by atoms with Crippen molar-refractivity contribution < 1.29 is 18.8 Å². The summed E-state index contributed by atoms with van der Waals surface area (Å²) in [6.07, 6.45) is 3.41. The molecule has 3 rings (SSSR count). The Hall–Kier alpha value is -2.57. The van der Waals surface area contributed by atoms with Gasteiger partial charge in [-0.1, -0.05) is 18.0 Å². The second-order valence-corrected chi connectivity index (χ2v) is 6.95. The van der Waals surface area contributed by atoms with Gasteiger partial charge in [0.15, 0.2) is 11.9 Å². The number of rotatable bonds is 5. The number of hydrogen-bond acceptors (Lipinski definition) is 5. The van der Waals surface area contributed by atoms with Gasteiger partial charge in [0.2, 0.25) is 0 Å². The first-order chi connectivity index (χ1) is 12.4. The first-order valence-electron chi connectivity index (χ1n) is 9.01. The van der Waals surface area contributed by atoms with Crippen molar-refractivity contribution in [2.75, 3.05) is 0 Å². The minimum absolute atomic E-state index is 0.198. The number of nitrogens with one attached hydrogen (secondary N) is 1. The first-order valence-corrected chi connectivity index (χ1v) is 9.01. The maximum Gasteiger partial charge on any atom is 0.340 e. The lowest BCUT2D eigenvalue weighted by molar-refractivity contribution is -0.129. The molecule has 1 amide bonds. The van der Waals surface area contributed by atoms with E-state index in [1.54, 1.807) is 19.1 Å². The maximum absolute atomic E-state index is 12.6. The maximum atomic E-state index is 12.6. The Kier molecular flexibility index (Phi) is 5.15. The van der Waals surface area contributed by atoms with Gasteiger partial charge in [0.1, 0.15) is 5.76 Å². The molecule has 26 heavy (non-hydrogen) atoms. The Morgan fingerprint density at radius 3 is 2.58 bits per heavy atom. The van der Waals surface area contributed by atoms with Crippen molar-refractivity contribution in [3.8, 4) is 5.82 Å². The highest BCUT2D eigenvalue weighted by Crippen LogP contribution is 2.22. The number of hydrogen-bond donors (Lipinski definition) is 1. The molecule has 1 aliphatic rings. The molecular formula is C19H25N3O4. The SMILES string of the molecule is Cc1cc(-n2c(C)cc(C(=O)O[C@H](C)C(=O)NC3CCCC3)c2C)no1. The minimum Gasteiger partial charge on any atom is -0.449 e. The Balaban J connectivity index is 1.70. The van der Waals surface area contributed by atoms with E-state index in [0.29, 0.717) is 22.8 Å². The number of carbonyl (C=O) groups is 2. The number of aromatic nitrogens is 2. The van der Waals surface area contributed by atoms with Crippen LogP contribution in [0.5, 0.6) is 0 Å². The van der Waals surface area contributed by atoms with Crippen molar-refractivity contribution >= 4 is 11.9 Å². The van der Waals surface area contributed by atoms with Crippen molar-refractivity contribution in [2.24, 2.45) is 0 Å². The molecule has 1 aliphatic carbocycles. The molecule has 0 bridgehead atoms. The molecule has 2 aromatic heterocycles. The molecule has 0 radical (unpaired) electrons. The summed E-state index contributed by atoms with van der Waals surface area (Å²) in [6, 6.07) is 3.74. The zero-order valence-electron chi connectivity index (χ0n) is 15.7. The van der Waals surface area contributed by atoms with Gasteiger partial charge in [-0.05, 0) is 46.6 Å². The summed E-state index contributed by atoms with van der Waals surface area (Å²) in [6.45, 7) is 7.10. The largest absolute Gasteiger partial charge is 0.449 e. The monoisotopic (exact) mass is 359 g/mol. The molecule has 1 atom stereocenters. The van der Waals surface area contributed by atoms with Crippen LogP contribution >= 0.6 is 0 Å². The summed E-state index contributed by atoms with van der Waals surface area (Å²) in [7, 11) is 0. The predicted molar refractivity (Wildman–Crippen MR) is 95.3 cm³/mol. The highest BCUT2D eigenvalue weighted by atomic mass is 16.5. The Morgan fingerprint density at radius 2 is 1.96 bits per heavy atom. The van der Waals surface area contributed by atoms with Gasteiger partial charge < -0.3 is 14.6 Å². The number of ether oxygens (including phenoxy) is 1. The highest BCUT2D eigenvalue weighted by Gasteiger charge is 2.26. The lowest BCUT2D eigenvalue weighted by Crippen LogP contribution is -2.40. The molecule has 0 aliphatic heterocycles. The van der Waals surface area contributed by atoms with Gasteiger partial charge in [-0.2, -0.15) is 0 Å². The predicted octanol–water partition coefficient (Wildman–Crippen LogP) is 2.99. The van der Waals surface area contributed by atoms with E-state index in [4.69, 9.17) is 9.26 Å². The van der Waals surface area contributed by atoms with Crippen molar-refractivity contribution in [2.45, 2.75) is 65.5 Å². The Morgan fingerprint density at radius 1 is 1.27 bits per heavy atom. The minimum atomic E-state index is -0.833. The number of carbonyl (C=O) groups excluding carboxylic acids is 2. The fourth-order valence-electron chi connectivity index (χ4n) is 3.45. The number of amides is 1. The molecule has 2 heterocycles. The number of esters is 1. The van der Waals surface area contributed by atoms with Crippen LogP contribution in [0.2, 0.25) is 0 Å². The van der Waals surface area contributed by atoms with Crippen LogP contribution in [0, 0.1) is 20.8 Å². The van der Waals surface area contributed by atoms with Crippen LogP contribution in [-0.4, -0.2) is 33.7 Å². The van der Waals surface area contributed by atoms with Crippen LogP contribution in [0.15, 0.2) is 16.7 Å². The topological polar surface area (TPSA) is 86.4 Å². The van der Waals surface area contributed by atoms with Crippen molar-refractivity contribution in [3.05, 3.63) is 34.8 Å². The fourth-order valence-corrected chi connectivity index (χ4v) is 3.45. The molecule has 1 N–H and O–H groups in total. The molecule has 7 heteroatoms. The second-order valence-electron chi connectivity index (χ2n) is 6.95. The summed E-state index contributed by atoms with van der Waals surface area (Å²) in [5.74, 6) is 0.544. The summed E-state index contributed by atoms with van der Waals surface area (Å²) in [4.78, 5) is 24.8. The first kappa shape index (κ1) is 18.2. The molecule has 140 valence electrons. The molecule has 0 spiro atoms. The molecule has 1 fully saturated rings. The van der Waals surface area contributed by atoms with Gasteiger partial charge in [-0.3, -0.25) is 9.36 Å². The van der Waals surface area contributed by atoms with Gasteiger partial charge >= 0.3 is 5.97 Å². The molecular weight excluding hydrogens is 334 g/mol. The average molecular weight is 359 g/mol.